The fraction of sp³-hybridized carbons (Fsp3) is 0.552. The average Bonchev–Trinajstić information content (AvgIpc) is 3.41. The highest BCUT2D eigenvalue weighted by Gasteiger charge is 2.35. The topological polar surface area (TPSA) is 94.2 Å². The Morgan fingerprint density at radius 1 is 0.974 bits per heavy atom. The summed E-state index contributed by atoms with van der Waals surface area (Å²) in [6, 6.07) is 11.9. The Hall–Kier alpha value is -2.95. The second-order valence-corrected chi connectivity index (χ2v) is 11.6. The van der Waals surface area contributed by atoms with Crippen LogP contribution in [0, 0.1) is 5.92 Å². The number of thiophene rings is 1. The van der Waals surface area contributed by atoms with Gasteiger partial charge in [-0.15, -0.1) is 11.3 Å². The van der Waals surface area contributed by atoms with Gasteiger partial charge in [0.2, 0.25) is 5.91 Å². The van der Waals surface area contributed by atoms with E-state index in [9.17, 15) is 14.4 Å². The van der Waals surface area contributed by atoms with Gasteiger partial charge in [-0.25, -0.2) is 4.79 Å². The van der Waals surface area contributed by atoms with E-state index in [0.717, 1.165) is 49.2 Å². The van der Waals surface area contributed by atoms with E-state index < -0.39 is 0 Å². The molecule has 0 saturated carbocycles. The lowest BCUT2D eigenvalue weighted by molar-refractivity contribution is -0.141. The maximum atomic E-state index is 13.7. The van der Waals surface area contributed by atoms with Crippen molar-refractivity contribution in [2.45, 2.75) is 38.6 Å². The van der Waals surface area contributed by atoms with Gasteiger partial charge in [0, 0.05) is 50.2 Å². The summed E-state index contributed by atoms with van der Waals surface area (Å²) in [6.07, 6.45) is 3.76. The first-order valence-electron chi connectivity index (χ1n) is 14.2. The number of nitrogens with zero attached hydrogens (tertiary/aromatic N) is 3. The van der Waals surface area contributed by atoms with Crippen LogP contribution in [0.5, 0.6) is 0 Å². The van der Waals surface area contributed by atoms with Crippen LogP contribution in [-0.4, -0.2) is 97.6 Å². The average molecular weight is 554 g/mol. The number of nitrogens with one attached hydrogen (secondary N) is 2. The number of piperidine rings is 2. The third-order valence-electron chi connectivity index (χ3n) is 7.98. The third-order valence-corrected chi connectivity index (χ3v) is 9.08. The molecule has 210 valence electrons. The smallest absolute Gasteiger partial charge is 0.319 e. The van der Waals surface area contributed by atoms with E-state index in [-0.39, 0.29) is 23.8 Å². The number of benzene rings is 1. The number of carbonyl (C=O) groups excluding carboxylic acids is 3. The SMILES string of the molecule is CCNC(=O)Nc1sc(-c2ccccc2)cc1C(=O)N1CCC(N2CCCC(C(=O)N3CCOCC3)C2)CC1. The summed E-state index contributed by atoms with van der Waals surface area (Å²) in [4.78, 5) is 46.4. The van der Waals surface area contributed by atoms with Gasteiger partial charge in [-0.3, -0.25) is 19.8 Å². The molecule has 1 unspecified atom stereocenters. The van der Waals surface area contributed by atoms with Crippen LogP contribution in [0.3, 0.4) is 0 Å². The molecular formula is C29H39N5O4S. The Balaban J connectivity index is 1.22. The van der Waals surface area contributed by atoms with Gasteiger partial charge in [0.1, 0.15) is 5.00 Å². The highest BCUT2D eigenvalue weighted by molar-refractivity contribution is 7.20. The van der Waals surface area contributed by atoms with E-state index in [0.29, 0.717) is 62.5 Å². The van der Waals surface area contributed by atoms with E-state index >= 15 is 0 Å². The molecule has 0 spiro atoms. The molecule has 39 heavy (non-hydrogen) atoms. The predicted octanol–water partition coefficient (Wildman–Crippen LogP) is 3.73. The van der Waals surface area contributed by atoms with E-state index in [1.165, 1.54) is 11.3 Å². The van der Waals surface area contributed by atoms with Gasteiger partial charge in [0.15, 0.2) is 0 Å². The molecule has 1 aromatic carbocycles. The van der Waals surface area contributed by atoms with Gasteiger partial charge >= 0.3 is 6.03 Å². The monoisotopic (exact) mass is 553 g/mol. The first kappa shape index (κ1) is 27.6. The first-order chi connectivity index (χ1) is 19.0. The van der Waals surface area contributed by atoms with Gasteiger partial charge in [0.05, 0.1) is 24.7 Å². The molecule has 3 fully saturated rings. The Morgan fingerprint density at radius 2 is 1.72 bits per heavy atom. The molecule has 5 rings (SSSR count). The van der Waals surface area contributed by atoms with Crippen LogP contribution in [0.1, 0.15) is 43.0 Å². The Kier molecular flexibility index (Phi) is 9.16. The van der Waals surface area contributed by atoms with Crippen molar-refractivity contribution in [3.05, 3.63) is 42.0 Å². The van der Waals surface area contributed by atoms with Crippen molar-refractivity contribution in [3.8, 4) is 10.4 Å². The van der Waals surface area contributed by atoms with Crippen LogP contribution in [-0.2, 0) is 9.53 Å². The van der Waals surface area contributed by atoms with Gasteiger partial charge < -0.3 is 19.9 Å². The lowest BCUT2D eigenvalue weighted by atomic mass is 9.92. The van der Waals surface area contributed by atoms with E-state index in [4.69, 9.17) is 4.74 Å². The quantitative estimate of drug-likeness (QED) is 0.569. The van der Waals surface area contributed by atoms with Crippen LogP contribution in [0.4, 0.5) is 9.80 Å². The lowest BCUT2D eigenvalue weighted by Gasteiger charge is -2.43. The number of amides is 4. The van der Waals surface area contributed by atoms with Crippen LogP contribution in [0.25, 0.3) is 10.4 Å². The summed E-state index contributed by atoms with van der Waals surface area (Å²) >= 11 is 1.43. The fourth-order valence-corrected chi connectivity index (χ4v) is 6.93. The molecule has 3 aliphatic rings. The minimum atomic E-state index is -0.307. The molecule has 10 heteroatoms. The number of rotatable bonds is 6. The molecule has 3 saturated heterocycles. The zero-order valence-corrected chi connectivity index (χ0v) is 23.5. The standard InChI is InChI=1S/C29H39N5O4S/c1-2-30-29(37)31-26-24(19-25(39-26)21-7-4-3-5-8-21)28(36)32-13-10-23(11-14-32)34-12-6-9-22(20-34)27(35)33-15-17-38-18-16-33/h3-5,7-8,19,22-23H,2,6,9-18,20H2,1H3,(H2,30,31,37). The van der Waals surface area contributed by atoms with E-state index in [1.54, 1.807) is 0 Å². The number of likely N-dealkylation sites (tertiary alicyclic amines) is 2. The highest BCUT2D eigenvalue weighted by Crippen LogP contribution is 2.37. The van der Waals surface area contributed by atoms with Gasteiger partial charge in [-0.1, -0.05) is 30.3 Å². The van der Waals surface area contributed by atoms with E-state index in [2.05, 4.69) is 15.5 Å². The molecule has 4 heterocycles. The molecule has 9 nitrogen and oxygen atoms in total. The molecule has 2 N–H and O–H groups in total. The van der Waals surface area contributed by atoms with Gasteiger partial charge in [0.25, 0.3) is 5.91 Å². The molecule has 2 aromatic rings. The largest absolute Gasteiger partial charge is 0.378 e. The van der Waals surface area contributed by atoms with Crippen molar-refractivity contribution in [2.75, 3.05) is 64.3 Å². The third kappa shape index (κ3) is 6.62. The molecule has 4 amide bonds. The fourth-order valence-electron chi connectivity index (χ4n) is 5.88. The summed E-state index contributed by atoms with van der Waals surface area (Å²) in [6.45, 7) is 8.18. The lowest BCUT2D eigenvalue weighted by Crippen LogP contribution is -2.53. The minimum Gasteiger partial charge on any atom is -0.378 e. The zero-order chi connectivity index (χ0) is 27.2. The number of ether oxygens (including phenoxy) is 1. The van der Waals surface area contributed by atoms with Crippen LogP contribution in [0.15, 0.2) is 36.4 Å². The molecule has 0 aliphatic carbocycles. The van der Waals surface area contributed by atoms with Crippen molar-refractivity contribution in [1.29, 1.82) is 0 Å². The second kappa shape index (κ2) is 12.9. The highest BCUT2D eigenvalue weighted by atomic mass is 32.1. The molecule has 0 bridgehead atoms. The Bertz CT molecular complexity index is 1140. The molecule has 1 aromatic heterocycles. The normalized spacial score (nSPS) is 21.0. The maximum Gasteiger partial charge on any atom is 0.319 e. The number of urea groups is 1. The second-order valence-electron chi connectivity index (χ2n) is 10.5. The first-order valence-corrected chi connectivity index (χ1v) is 15.0. The van der Waals surface area contributed by atoms with Gasteiger partial charge in [-0.05, 0) is 50.8 Å². The van der Waals surface area contributed by atoms with Crippen LogP contribution in [0.2, 0.25) is 0 Å². The van der Waals surface area contributed by atoms with Crippen LogP contribution < -0.4 is 10.6 Å². The number of morpholine rings is 1. The maximum absolute atomic E-state index is 13.7. The number of anilines is 1. The molecular weight excluding hydrogens is 514 g/mol. The molecule has 0 radical (unpaired) electrons. The van der Waals surface area contributed by atoms with Gasteiger partial charge in [-0.2, -0.15) is 0 Å². The zero-order valence-electron chi connectivity index (χ0n) is 22.7. The number of hydrogen-bond acceptors (Lipinski definition) is 6. The van der Waals surface area contributed by atoms with Crippen molar-refractivity contribution in [1.82, 2.24) is 20.0 Å². The summed E-state index contributed by atoms with van der Waals surface area (Å²) < 4.78 is 5.42. The number of hydrogen-bond donors (Lipinski definition) is 2. The van der Waals surface area contributed by atoms with Crippen molar-refractivity contribution >= 4 is 34.2 Å². The molecule has 1 atom stereocenters. The van der Waals surface area contributed by atoms with Crippen molar-refractivity contribution < 1.29 is 19.1 Å². The Labute approximate surface area is 234 Å². The number of carbonyl (C=O) groups is 3. The molecule has 3 aliphatic heterocycles. The van der Waals surface area contributed by atoms with Crippen molar-refractivity contribution in [3.63, 3.8) is 0 Å². The predicted molar refractivity (Wildman–Crippen MR) is 153 cm³/mol. The Morgan fingerprint density at radius 3 is 2.44 bits per heavy atom. The summed E-state index contributed by atoms with van der Waals surface area (Å²) in [5, 5.41) is 6.23. The summed E-state index contributed by atoms with van der Waals surface area (Å²) in [5.41, 5.74) is 1.56. The summed E-state index contributed by atoms with van der Waals surface area (Å²) in [5.74, 6) is 0.286. The summed E-state index contributed by atoms with van der Waals surface area (Å²) in [7, 11) is 0. The van der Waals surface area contributed by atoms with E-state index in [1.807, 2.05) is 53.1 Å². The van der Waals surface area contributed by atoms with Crippen LogP contribution >= 0.6 is 11.3 Å². The van der Waals surface area contributed by atoms with Crippen molar-refractivity contribution in [2.24, 2.45) is 5.92 Å². The minimum absolute atomic E-state index is 0.0438.